The SMILES string of the molecule is CCCCCCCC(C)Nc1cccc(C(=O)OC)c1. The van der Waals surface area contributed by atoms with Crippen LogP contribution >= 0.6 is 0 Å². The molecular weight excluding hydrogens is 250 g/mol. The Kier molecular flexibility index (Phi) is 7.78. The molecule has 1 aromatic carbocycles. The van der Waals surface area contributed by atoms with Gasteiger partial charge in [0, 0.05) is 11.7 Å². The van der Waals surface area contributed by atoms with Crippen LogP contribution in [0.4, 0.5) is 5.69 Å². The number of carbonyl (C=O) groups excluding carboxylic acids is 1. The lowest BCUT2D eigenvalue weighted by Crippen LogP contribution is -2.15. The summed E-state index contributed by atoms with van der Waals surface area (Å²) in [6.07, 6.45) is 7.68. The van der Waals surface area contributed by atoms with Gasteiger partial charge in [-0.1, -0.05) is 45.1 Å². The molecule has 0 aliphatic carbocycles. The van der Waals surface area contributed by atoms with Gasteiger partial charge in [0.05, 0.1) is 12.7 Å². The summed E-state index contributed by atoms with van der Waals surface area (Å²) >= 11 is 0. The van der Waals surface area contributed by atoms with Crippen LogP contribution in [0, 0.1) is 0 Å². The van der Waals surface area contributed by atoms with Crippen molar-refractivity contribution in [2.75, 3.05) is 12.4 Å². The van der Waals surface area contributed by atoms with Crippen LogP contribution in [0.15, 0.2) is 24.3 Å². The fourth-order valence-electron chi connectivity index (χ4n) is 2.26. The number of anilines is 1. The summed E-state index contributed by atoms with van der Waals surface area (Å²) in [6.45, 7) is 4.42. The van der Waals surface area contributed by atoms with Crippen molar-refractivity contribution >= 4 is 11.7 Å². The Labute approximate surface area is 122 Å². The van der Waals surface area contributed by atoms with E-state index in [-0.39, 0.29) is 5.97 Å². The van der Waals surface area contributed by atoms with Crippen LogP contribution in [0.5, 0.6) is 0 Å². The molecule has 0 saturated heterocycles. The first kappa shape index (κ1) is 16.5. The number of hydrogen-bond donors (Lipinski definition) is 1. The molecule has 1 aromatic rings. The van der Waals surface area contributed by atoms with Crippen molar-refractivity contribution in [2.24, 2.45) is 0 Å². The second kappa shape index (κ2) is 9.40. The summed E-state index contributed by atoms with van der Waals surface area (Å²) in [4.78, 5) is 11.5. The number of nitrogens with one attached hydrogen (secondary N) is 1. The van der Waals surface area contributed by atoms with E-state index in [0.717, 1.165) is 12.1 Å². The van der Waals surface area contributed by atoms with Crippen molar-refractivity contribution < 1.29 is 9.53 Å². The minimum Gasteiger partial charge on any atom is -0.465 e. The van der Waals surface area contributed by atoms with E-state index in [1.165, 1.54) is 39.2 Å². The smallest absolute Gasteiger partial charge is 0.337 e. The van der Waals surface area contributed by atoms with Gasteiger partial charge in [-0.2, -0.15) is 0 Å². The molecule has 0 radical (unpaired) electrons. The van der Waals surface area contributed by atoms with Gasteiger partial charge in [-0.25, -0.2) is 4.79 Å². The van der Waals surface area contributed by atoms with Crippen LogP contribution in [-0.4, -0.2) is 19.1 Å². The molecule has 1 rings (SSSR count). The van der Waals surface area contributed by atoms with Crippen LogP contribution in [0.2, 0.25) is 0 Å². The van der Waals surface area contributed by atoms with Crippen molar-refractivity contribution in [3.63, 3.8) is 0 Å². The number of carbonyl (C=O) groups is 1. The van der Waals surface area contributed by atoms with Crippen LogP contribution in [0.25, 0.3) is 0 Å². The molecule has 0 spiro atoms. The van der Waals surface area contributed by atoms with E-state index in [9.17, 15) is 4.79 Å². The van der Waals surface area contributed by atoms with E-state index < -0.39 is 0 Å². The van der Waals surface area contributed by atoms with Crippen molar-refractivity contribution in [1.82, 2.24) is 0 Å². The fourth-order valence-corrected chi connectivity index (χ4v) is 2.26. The number of ether oxygens (including phenoxy) is 1. The summed E-state index contributed by atoms with van der Waals surface area (Å²) in [7, 11) is 1.40. The second-order valence-corrected chi connectivity index (χ2v) is 5.32. The molecule has 1 N–H and O–H groups in total. The first-order valence-electron chi connectivity index (χ1n) is 7.62. The molecule has 0 fully saturated rings. The van der Waals surface area contributed by atoms with Gasteiger partial charge in [-0.15, -0.1) is 0 Å². The number of unbranched alkanes of at least 4 members (excludes halogenated alkanes) is 4. The van der Waals surface area contributed by atoms with Crippen molar-refractivity contribution in [3.8, 4) is 0 Å². The average Bonchev–Trinajstić information content (AvgIpc) is 2.46. The molecule has 0 bridgehead atoms. The minimum atomic E-state index is -0.291. The highest BCUT2D eigenvalue weighted by Crippen LogP contribution is 2.15. The number of hydrogen-bond acceptors (Lipinski definition) is 3. The molecule has 0 aliphatic heterocycles. The van der Waals surface area contributed by atoms with Crippen LogP contribution in [-0.2, 0) is 4.74 Å². The van der Waals surface area contributed by atoms with Gasteiger partial charge in [0.25, 0.3) is 0 Å². The molecular formula is C17H27NO2. The molecule has 20 heavy (non-hydrogen) atoms. The zero-order valence-corrected chi connectivity index (χ0v) is 12.9. The van der Waals surface area contributed by atoms with Crippen LogP contribution < -0.4 is 5.32 Å². The first-order chi connectivity index (χ1) is 9.67. The lowest BCUT2D eigenvalue weighted by atomic mass is 10.1. The Morgan fingerprint density at radius 2 is 2.00 bits per heavy atom. The first-order valence-corrected chi connectivity index (χ1v) is 7.62. The molecule has 3 nitrogen and oxygen atoms in total. The maximum Gasteiger partial charge on any atom is 0.337 e. The lowest BCUT2D eigenvalue weighted by molar-refractivity contribution is 0.0601. The number of benzene rings is 1. The van der Waals surface area contributed by atoms with Crippen molar-refractivity contribution in [1.29, 1.82) is 0 Å². The lowest BCUT2D eigenvalue weighted by Gasteiger charge is -2.15. The molecule has 0 heterocycles. The van der Waals surface area contributed by atoms with E-state index in [1.807, 2.05) is 18.2 Å². The zero-order valence-electron chi connectivity index (χ0n) is 12.9. The van der Waals surface area contributed by atoms with E-state index in [0.29, 0.717) is 11.6 Å². The van der Waals surface area contributed by atoms with Crippen LogP contribution in [0.3, 0.4) is 0 Å². The third kappa shape index (κ3) is 6.09. The van der Waals surface area contributed by atoms with Crippen molar-refractivity contribution in [3.05, 3.63) is 29.8 Å². The van der Waals surface area contributed by atoms with Gasteiger partial charge >= 0.3 is 5.97 Å². The predicted octanol–water partition coefficient (Wildman–Crippen LogP) is 4.63. The summed E-state index contributed by atoms with van der Waals surface area (Å²) in [6, 6.07) is 7.90. The normalized spacial score (nSPS) is 11.9. The van der Waals surface area contributed by atoms with Gasteiger partial charge in [0.15, 0.2) is 0 Å². The van der Waals surface area contributed by atoms with E-state index in [4.69, 9.17) is 4.74 Å². The number of esters is 1. The summed E-state index contributed by atoms with van der Waals surface area (Å²) in [5, 5.41) is 3.44. The minimum absolute atomic E-state index is 0.291. The third-order valence-corrected chi connectivity index (χ3v) is 3.44. The molecule has 1 atom stereocenters. The van der Waals surface area contributed by atoms with E-state index >= 15 is 0 Å². The monoisotopic (exact) mass is 277 g/mol. The average molecular weight is 277 g/mol. The molecule has 0 aromatic heterocycles. The summed E-state index contributed by atoms with van der Waals surface area (Å²) in [5.41, 5.74) is 1.57. The Morgan fingerprint density at radius 3 is 2.70 bits per heavy atom. The van der Waals surface area contributed by atoms with Gasteiger partial charge in [-0.3, -0.25) is 0 Å². The highest BCUT2D eigenvalue weighted by Gasteiger charge is 2.07. The van der Waals surface area contributed by atoms with Gasteiger partial charge in [0.1, 0.15) is 0 Å². The Morgan fingerprint density at radius 1 is 1.25 bits per heavy atom. The molecule has 0 aliphatic rings. The quantitative estimate of drug-likeness (QED) is 0.528. The number of rotatable bonds is 9. The molecule has 112 valence electrons. The number of methoxy groups -OCH3 is 1. The Bertz CT molecular complexity index is 404. The highest BCUT2D eigenvalue weighted by molar-refractivity contribution is 5.90. The van der Waals surface area contributed by atoms with Gasteiger partial charge < -0.3 is 10.1 Å². The Hall–Kier alpha value is -1.51. The maximum atomic E-state index is 11.5. The largest absolute Gasteiger partial charge is 0.465 e. The second-order valence-electron chi connectivity index (χ2n) is 5.32. The van der Waals surface area contributed by atoms with Gasteiger partial charge in [0.2, 0.25) is 0 Å². The summed E-state index contributed by atoms with van der Waals surface area (Å²) < 4.78 is 4.73. The molecule has 1 unspecified atom stereocenters. The zero-order chi connectivity index (χ0) is 14.8. The fraction of sp³-hybridized carbons (Fsp3) is 0.588. The highest BCUT2D eigenvalue weighted by atomic mass is 16.5. The summed E-state index contributed by atoms with van der Waals surface area (Å²) in [5.74, 6) is -0.291. The van der Waals surface area contributed by atoms with E-state index in [2.05, 4.69) is 19.2 Å². The van der Waals surface area contributed by atoms with Crippen molar-refractivity contribution in [2.45, 2.75) is 58.4 Å². The topological polar surface area (TPSA) is 38.3 Å². The maximum absolute atomic E-state index is 11.5. The predicted molar refractivity (Wildman–Crippen MR) is 84.2 cm³/mol. The third-order valence-electron chi connectivity index (χ3n) is 3.44. The molecule has 0 saturated carbocycles. The standard InChI is InChI=1S/C17H27NO2/c1-4-5-6-7-8-10-14(2)18-16-12-9-11-15(13-16)17(19)20-3/h9,11-14,18H,4-8,10H2,1-3H3. The molecule has 0 amide bonds. The van der Waals surface area contributed by atoms with Gasteiger partial charge in [-0.05, 0) is 31.5 Å². The van der Waals surface area contributed by atoms with Crippen LogP contribution in [0.1, 0.15) is 62.7 Å². The molecule has 3 heteroatoms. The van der Waals surface area contributed by atoms with E-state index in [1.54, 1.807) is 6.07 Å². The Balaban J connectivity index is 2.37.